The minimum absolute atomic E-state index is 0.0268. The zero-order valence-corrected chi connectivity index (χ0v) is 32.3. The number of alkyl carbamates (subject to hydrolysis) is 1. The smallest absolute Gasteiger partial charge is 0.408 e. The summed E-state index contributed by atoms with van der Waals surface area (Å²) in [6, 6.07) is 2.00. The lowest BCUT2D eigenvalue weighted by Crippen LogP contribution is -2.62. The van der Waals surface area contributed by atoms with Gasteiger partial charge in [0.15, 0.2) is 0 Å². The number of amides is 6. The van der Waals surface area contributed by atoms with Crippen molar-refractivity contribution in [2.75, 3.05) is 27.2 Å². The first-order valence-electron chi connectivity index (χ1n) is 16.5. The highest BCUT2D eigenvalue weighted by atomic mass is 79.9. The second-order valence-electron chi connectivity index (χ2n) is 14.3. The van der Waals surface area contributed by atoms with Crippen molar-refractivity contribution >= 4 is 63.2 Å². The van der Waals surface area contributed by atoms with E-state index in [-0.39, 0.29) is 31.7 Å². The van der Waals surface area contributed by atoms with E-state index in [0.29, 0.717) is 27.9 Å². The molecule has 274 valence electrons. The summed E-state index contributed by atoms with van der Waals surface area (Å²) in [6.07, 6.45) is 0.675. The van der Waals surface area contributed by atoms with Gasteiger partial charge in [-0.1, -0.05) is 41.4 Å². The van der Waals surface area contributed by atoms with Gasteiger partial charge < -0.3 is 35.8 Å². The summed E-state index contributed by atoms with van der Waals surface area (Å²) in [6.45, 7) is 11.9. The van der Waals surface area contributed by atoms with Gasteiger partial charge in [-0.3, -0.25) is 24.0 Å². The molecular weight excluding hydrogens is 720 g/mol. The summed E-state index contributed by atoms with van der Waals surface area (Å²) in [5.41, 5.74) is -1.42. The quantitative estimate of drug-likeness (QED) is 0.329. The van der Waals surface area contributed by atoms with Gasteiger partial charge >= 0.3 is 6.09 Å². The molecule has 1 aliphatic heterocycles. The Hall–Kier alpha value is -3.39. The zero-order chi connectivity index (χ0) is 37.3. The maximum Gasteiger partial charge on any atom is 0.408 e. The van der Waals surface area contributed by atoms with Gasteiger partial charge in [0.1, 0.15) is 35.8 Å². The molecule has 1 unspecified atom stereocenters. The van der Waals surface area contributed by atoms with Crippen molar-refractivity contribution in [2.24, 2.45) is 5.92 Å². The average molecular weight is 772 g/mol. The van der Waals surface area contributed by atoms with Crippen LogP contribution >= 0.6 is 27.5 Å². The number of carbonyl (C=O) groups is 6. The highest BCUT2D eigenvalue weighted by molar-refractivity contribution is 9.10. The molecule has 1 aromatic carbocycles. The van der Waals surface area contributed by atoms with Gasteiger partial charge in [-0.15, -0.1) is 0 Å². The fourth-order valence-electron chi connectivity index (χ4n) is 5.27. The molecule has 1 heterocycles. The second kappa shape index (κ2) is 18.0. The molecule has 13 nitrogen and oxygen atoms in total. The predicted octanol–water partition coefficient (Wildman–Crippen LogP) is 3.55. The Morgan fingerprint density at radius 1 is 1.14 bits per heavy atom. The van der Waals surface area contributed by atoms with Gasteiger partial charge in [-0.05, 0) is 90.0 Å². The van der Waals surface area contributed by atoms with Crippen molar-refractivity contribution < 1.29 is 33.5 Å². The molecule has 15 heteroatoms. The van der Waals surface area contributed by atoms with Crippen LogP contribution in [0.1, 0.15) is 79.7 Å². The number of nitrogens with zero attached hydrogens (tertiary/aromatic N) is 2. The monoisotopic (exact) mass is 770 g/mol. The molecule has 0 radical (unpaired) electrons. The Labute approximate surface area is 303 Å². The number of nitrogens with one attached hydrogen (secondary N) is 4. The van der Waals surface area contributed by atoms with Crippen LogP contribution in [0.15, 0.2) is 22.7 Å². The van der Waals surface area contributed by atoms with Gasteiger partial charge in [0.2, 0.25) is 29.5 Å². The zero-order valence-electron chi connectivity index (χ0n) is 30.0. The van der Waals surface area contributed by atoms with Gasteiger partial charge in [0.05, 0.1) is 0 Å². The second-order valence-corrected chi connectivity index (χ2v) is 15.6. The lowest BCUT2D eigenvalue weighted by atomic mass is 9.97. The SMILES string of the molecule is CC(C)CC1NC(=O)[C@@H](N(C)C(=O)CNC(=O)OC(C)(C)C)CCCCNC(=O)C(C)(C)NC(=O)[C@H](Cc2cc(Cl)ccc2Br)N(C)C1=O. The van der Waals surface area contributed by atoms with E-state index in [4.69, 9.17) is 16.3 Å². The van der Waals surface area contributed by atoms with E-state index in [1.165, 1.54) is 23.9 Å². The number of carbonyl (C=O) groups excluding carboxylic acids is 6. The maximum atomic E-state index is 14.2. The van der Waals surface area contributed by atoms with Gasteiger partial charge in [-0.25, -0.2) is 4.79 Å². The van der Waals surface area contributed by atoms with E-state index >= 15 is 0 Å². The standard InChI is InChI=1S/C34H52BrClN6O7/c1-20(2)16-24-30(46)42(9)26(18-21-17-22(36)13-14-23(21)35)29(45)40-34(6,7)31(47)37-15-11-10-12-25(28(44)39-24)41(8)27(43)19-38-32(48)49-33(3,4)5/h13-14,17,20,24-26H,10-12,15-16,18-19H2,1-9H3,(H,37,47)(H,38,48)(H,39,44)(H,40,45)/t24?,25-,26-/m0/s1. The van der Waals surface area contributed by atoms with E-state index in [1.54, 1.807) is 52.8 Å². The number of hydrogen-bond acceptors (Lipinski definition) is 7. The Balaban J connectivity index is 2.49. The van der Waals surface area contributed by atoms with Gasteiger partial charge in [0, 0.05) is 36.6 Å². The van der Waals surface area contributed by atoms with E-state index in [1.807, 2.05) is 13.8 Å². The van der Waals surface area contributed by atoms with E-state index in [2.05, 4.69) is 37.2 Å². The molecule has 0 saturated carbocycles. The highest BCUT2D eigenvalue weighted by Gasteiger charge is 2.38. The number of hydrogen-bond donors (Lipinski definition) is 4. The number of rotatable bonds is 7. The largest absolute Gasteiger partial charge is 0.444 e. The van der Waals surface area contributed by atoms with Crippen LogP contribution in [0.5, 0.6) is 0 Å². The lowest BCUT2D eigenvalue weighted by molar-refractivity contribution is -0.145. The molecule has 0 aromatic heterocycles. The van der Waals surface area contributed by atoms with Crippen molar-refractivity contribution in [1.82, 2.24) is 31.1 Å². The van der Waals surface area contributed by atoms with Crippen LogP contribution in [-0.4, -0.2) is 102 Å². The summed E-state index contributed by atoms with van der Waals surface area (Å²) >= 11 is 9.77. The Bertz CT molecular complexity index is 1380. The number of likely N-dealkylation sites (N-methyl/N-ethyl adjacent to an activating group) is 2. The van der Waals surface area contributed by atoms with Crippen LogP contribution in [0.25, 0.3) is 0 Å². The molecule has 0 bridgehead atoms. The topological polar surface area (TPSA) is 166 Å². The van der Waals surface area contributed by atoms with Crippen molar-refractivity contribution in [3.63, 3.8) is 0 Å². The molecule has 2 rings (SSSR count). The van der Waals surface area contributed by atoms with E-state index < -0.39 is 71.4 Å². The van der Waals surface area contributed by atoms with Crippen LogP contribution in [0, 0.1) is 5.92 Å². The molecule has 0 aliphatic carbocycles. The fraction of sp³-hybridized carbons (Fsp3) is 0.647. The third-order valence-corrected chi connectivity index (χ3v) is 9.01. The van der Waals surface area contributed by atoms with Crippen LogP contribution in [0.2, 0.25) is 5.02 Å². The Kier molecular flexibility index (Phi) is 15.4. The first kappa shape index (κ1) is 41.8. The number of ether oxygens (including phenoxy) is 1. The summed E-state index contributed by atoms with van der Waals surface area (Å²) < 4.78 is 5.90. The van der Waals surface area contributed by atoms with Crippen molar-refractivity contribution in [3.8, 4) is 0 Å². The molecule has 0 spiro atoms. The van der Waals surface area contributed by atoms with Crippen LogP contribution in [0.3, 0.4) is 0 Å². The summed E-state index contributed by atoms with van der Waals surface area (Å²) in [4.78, 5) is 83.1. The van der Waals surface area contributed by atoms with Crippen molar-refractivity contribution in [2.45, 2.75) is 110 Å². The molecule has 1 aromatic rings. The summed E-state index contributed by atoms with van der Waals surface area (Å²) in [5.74, 6) is -2.63. The maximum absolute atomic E-state index is 14.2. The number of benzene rings is 1. The van der Waals surface area contributed by atoms with Gasteiger partial charge in [0.25, 0.3) is 0 Å². The normalized spacial score (nSPS) is 21.4. The average Bonchev–Trinajstić information content (AvgIpc) is 2.98. The Morgan fingerprint density at radius 3 is 2.41 bits per heavy atom. The van der Waals surface area contributed by atoms with Crippen LogP contribution in [-0.2, 0) is 35.1 Å². The third-order valence-electron chi connectivity index (χ3n) is 8.00. The van der Waals surface area contributed by atoms with E-state index in [9.17, 15) is 28.8 Å². The van der Waals surface area contributed by atoms with Crippen molar-refractivity contribution in [1.29, 1.82) is 0 Å². The van der Waals surface area contributed by atoms with Gasteiger partial charge in [-0.2, -0.15) is 0 Å². The highest BCUT2D eigenvalue weighted by Crippen LogP contribution is 2.25. The number of halogens is 2. The van der Waals surface area contributed by atoms with Crippen LogP contribution in [0.4, 0.5) is 4.79 Å². The molecule has 1 aliphatic rings. The molecule has 1 fully saturated rings. The molecule has 4 N–H and O–H groups in total. The van der Waals surface area contributed by atoms with E-state index in [0.717, 1.165) is 0 Å². The molecule has 6 amide bonds. The Morgan fingerprint density at radius 2 is 1.80 bits per heavy atom. The molecule has 49 heavy (non-hydrogen) atoms. The fourth-order valence-corrected chi connectivity index (χ4v) is 5.87. The minimum Gasteiger partial charge on any atom is -0.444 e. The summed E-state index contributed by atoms with van der Waals surface area (Å²) in [7, 11) is 2.94. The molecule has 3 atom stereocenters. The predicted molar refractivity (Wildman–Crippen MR) is 191 cm³/mol. The minimum atomic E-state index is -1.32. The first-order valence-corrected chi connectivity index (χ1v) is 17.6. The van der Waals surface area contributed by atoms with Crippen LogP contribution < -0.4 is 21.3 Å². The first-order chi connectivity index (χ1) is 22.6. The molecule has 1 saturated heterocycles. The lowest BCUT2D eigenvalue weighted by Gasteiger charge is -2.35. The third kappa shape index (κ3) is 13.1. The summed E-state index contributed by atoms with van der Waals surface area (Å²) in [5, 5.41) is 11.4. The molecular formula is C34H52BrClN6O7. The van der Waals surface area contributed by atoms with Crippen molar-refractivity contribution in [3.05, 3.63) is 33.3 Å².